The van der Waals surface area contributed by atoms with Gasteiger partial charge in [-0.25, -0.2) is 4.98 Å². The first-order chi connectivity index (χ1) is 7.79. The molecule has 1 aromatic heterocycles. The molecule has 84 valence electrons. The summed E-state index contributed by atoms with van der Waals surface area (Å²) in [6, 6.07) is 10.5. The van der Waals surface area contributed by atoms with Gasteiger partial charge in [-0.15, -0.1) is 11.3 Å². The SMILES string of the molecule is CCC(N)Cc1csc(-c2ccccc2)n1. The Kier molecular flexibility index (Phi) is 3.70. The lowest BCUT2D eigenvalue weighted by atomic mass is 10.1. The van der Waals surface area contributed by atoms with Gasteiger partial charge in [0.15, 0.2) is 0 Å². The van der Waals surface area contributed by atoms with Crippen LogP contribution in [0.25, 0.3) is 10.6 Å². The summed E-state index contributed by atoms with van der Waals surface area (Å²) in [6.07, 6.45) is 1.87. The summed E-state index contributed by atoms with van der Waals surface area (Å²) in [5.41, 5.74) is 8.21. The van der Waals surface area contributed by atoms with Crippen LogP contribution in [0.3, 0.4) is 0 Å². The molecule has 1 aromatic carbocycles. The zero-order chi connectivity index (χ0) is 11.4. The molecule has 1 heterocycles. The van der Waals surface area contributed by atoms with Crippen LogP contribution in [-0.2, 0) is 6.42 Å². The highest BCUT2D eigenvalue weighted by Gasteiger charge is 2.07. The van der Waals surface area contributed by atoms with E-state index in [0.717, 1.165) is 23.5 Å². The number of hydrogen-bond donors (Lipinski definition) is 1. The van der Waals surface area contributed by atoms with Crippen LogP contribution in [0.4, 0.5) is 0 Å². The Morgan fingerprint density at radius 1 is 1.31 bits per heavy atom. The van der Waals surface area contributed by atoms with Gasteiger partial charge in [0.1, 0.15) is 5.01 Å². The van der Waals surface area contributed by atoms with Crippen molar-refractivity contribution in [2.45, 2.75) is 25.8 Å². The van der Waals surface area contributed by atoms with E-state index >= 15 is 0 Å². The van der Waals surface area contributed by atoms with Crippen LogP contribution in [0, 0.1) is 0 Å². The van der Waals surface area contributed by atoms with Crippen molar-refractivity contribution in [2.75, 3.05) is 0 Å². The van der Waals surface area contributed by atoms with E-state index in [-0.39, 0.29) is 6.04 Å². The molecule has 2 nitrogen and oxygen atoms in total. The minimum Gasteiger partial charge on any atom is -0.327 e. The number of nitrogens with zero attached hydrogens (tertiary/aromatic N) is 1. The molecule has 0 saturated carbocycles. The highest BCUT2D eigenvalue weighted by atomic mass is 32.1. The Bertz CT molecular complexity index is 436. The van der Waals surface area contributed by atoms with Gasteiger partial charge in [0, 0.05) is 23.4 Å². The van der Waals surface area contributed by atoms with E-state index in [9.17, 15) is 0 Å². The number of aromatic nitrogens is 1. The van der Waals surface area contributed by atoms with Gasteiger partial charge in [-0.1, -0.05) is 37.3 Å². The predicted octanol–water partition coefficient (Wildman–Crippen LogP) is 3.09. The summed E-state index contributed by atoms with van der Waals surface area (Å²) in [5, 5.41) is 3.19. The third kappa shape index (κ3) is 2.68. The quantitative estimate of drug-likeness (QED) is 0.879. The minimum absolute atomic E-state index is 0.228. The Morgan fingerprint density at radius 3 is 2.75 bits per heavy atom. The van der Waals surface area contributed by atoms with E-state index in [1.165, 1.54) is 5.56 Å². The molecular formula is C13H16N2S. The molecule has 0 aliphatic heterocycles. The number of nitrogens with two attached hydrogens (primary N) is 1. The third-order valence-electron chi connectivity index (χ3n) is 2.57. The average molecular weight is 232 g/mol. The maximum atomic E-state index is 5.92. The van der Waals surface area contributed by atoms with Crippen LogP contribution >= 0.6 is 11.3 Å². The zero-order valence-electron chi connectivity index (χ0n) is 9.39. The zero-order valence-corrected chi connectivity index (χ0v) is 10.2. The van der Waals surface area contributed by atoms with E-state index < -0.39 is 0 Å². The third-order valence-corrected chi connectivity index (χ3v) is 3.51. The first-order valence-corrected chi connectivity index (χ1v) is 6.43. The number of rotatable bonds is 4. The first-order valence-electron chi connectivity index (χ1n) is 5.55. The van der Waals surface area contributed by atoms with Gasteiger partial charge >= 0.3 is 0 Å². The Hall–Kier alpha value is -1.19. The molecule has 1 atom stereocenters. The van der Waals surface area contributed by atoms with Crippen LogP contribution in [0.2, 0.25) is 0 Å². The maximum Gasteiger partial charge on any atom is 0.123 e. The molecule has 0 radical (unpaired) electrons. The van der Waals surface area contributed by atoms with Crippen LogP contribution in [0.5, 0.6) is 0 Å². The van der Waals surface area contributed by atoms with Crippen LogP contribution in [0.1, 0.15) is 19.0 Å². The summed E-state index contributed by atoms with van der Waals surface area (Å²) in [5.74, 6) is 0. The van der Waals surface area contributed by atoms with Gasteiger partial charge in [-0.05, 0) is 6.42 Å². The van der Waals surface area contributed by atoms with Gasteiger partial charge in [0.25, 0.3) is 0 Å². The molecule has 0 spiro atoms. The standard InChI is InChI=1S/C13H16N2S/c1-2-11(14)8-12-9-16-13(15-12)10-6-4-3-5-7-10/h3-7,9,11H,2,8,14H2,1H3. The maximum absolute atomic E-state index is 5.92. The lowest BCUT2D eigenvalue weighted by molar-refractivity contribution is 0.639. The van der Waals surface area contributed by atoms with E-state index in [0.29, 0.717) is 0 Å². The molecule has 0 amide bonds. The van der Waals surface area contributed by atoms with Gasteiger partial charge in [-0.3, -0.25) is 0 Å². The Balaban J connectivity index is 2.14. The summed E-state index contributed by atoms with van der Waals surface area (Å²) < 4.78 is 0. The van der Waals surface area contributed by atoms with Crippen molar-refractivity contribution in [1.29, 1.82) is 0 Å². The molecule has 0 aliphatic rings. The van der Waals surface area contributed by atoms with E-state index in [1.54, 1.807) is 11.3 Å². The second kappa shape index (κ2) is 5.23. The normalized spacial score (nSPS) is 12.6. The van der Waals surface area contributed by atoms with Crippen LogP contribution in [0.15, 0.2) is 35.7 Å². The van der Waals surface area contributed by atoms with Crippen molar-refractivity contribution in [1.82, 2.24) is 4.98 Å². The van der Waals surface area contributed by atoms with Crippen molar-refractivity contribution in [3.8, 4) is 10.6 Å². The van der Waals surface area contributed by atoms with Gasteiger partial charge < -0.3 is 5.73 Å². The van der Waals surface area contributed by atoms with Crippen molar-refractivity contribution in [3.63, 3.8) is 0 Å². The monoisotopic (exact) mass is 232 g/mol. The van der Waals surface area contributed by atoms with E-state index in [4.69, 9.17) is 5.73 Å². The molecule has 0 fully saturated rings. The van der Waals surface area contributed by atoms with Crippen molar-refractivity contribution >= 4 is 11.3 Å². The number of thiazole rings is 1. The van der Waals surface area contributed by atoms with Gasteiger partial charge in [0.05, 0.1) is 5.69 Å². The van der Waals surface area contributed by atoms with Gasteiger partial charge in [-0.2, -0.15) is 0 Å². The molecule has 0 saturated heterocycles. The number of benzene rings is 1. The van der Waals surface area contributed by atoms with E-state index in [1.807, 2.05) is 18.2 Å². The fraction of sp³-hybridized carbons (Fsp3) is 0.308. The Morgan fingerprint density at radius 2 is 2.06 bits per heavy atom. The fourth-order valence-corrected chi connectivity index (χ4v) is 2.37. The second-order valence-electron chi connectivity index (χ2n) is 3.88. The summed E-state index contributed by atoms with van der Waals surface area (Å²) in [4.78, 5) is 4.61. The van der Waals surface area contributed by atoms with Crippen molar-refractivity contribution < 1.29 is 0 Å². The molecule has 3 heteroatoms. The molecular weight excluding hydrogens is 216 g/mol. The van der Waals surface area contributed by atoms with Crippen LogP contribution in [-0.4, -0.2) is 11.0 Å². The Labute approximate surface area is 100 Å². The lowest BCUT2D eigenvalue weighted by Gasteiger charge is -2.04. The van der Waals surface area contributed by atoms with Crippen molar-refractivity contribution in [3.05, 3.63) is 41.4 Å². The summed E-state index contributed by atoms with van der Waals surface area (Å²) >= 11 is 1.69. The molecule has 2 N–H and O–H groups in total. The van der Waals surface area contributed by atoms with E-state index in [2.05, 4.69) is 29.4 Å². The minimum atomic E-state index is 0.228. The van der Waals surface area contributed by atoms with Crippen LogP contribution < -0.4 is 5.73 Å². The summed E-state index contributed by atoms with van der Waals surface area (Å²) in [7, 11) is 0. The average Bonchev–Trinajstić information content (AvgIpc) is 2.78. The van der Waals surface area contributed by atoms with Gasteiger partial charge in [0.2, 0.25) is 0 Å². The highest BCUT2D eigenvalue weighted by molar-refractivity contribution is 7.13. The molecule has 0 bridgehead atoms. The highest BCUT2D eigenvalue weighted by Crippen LogP contribution is 2.23. The second-order valence-corrected chi connectivity index (χ2v) is 4.74. The lowest BCUT2D eigenvalue weighted by Crippen LogP contribution is -2.21. The summed E-state index contributed by atoms with van der Waals surface area (Å²) in [6.45, 7) is 2.11. The molecule has 2 aromatic rings. The first kappa shape index (κ1) is 11.3. The fourth-order valence-electron chi connectivity index (χ4n) is 1.53. The predicted molar refractivity (Wildman–Crippen MR) is 69.5 cm³/mol. The smallest absolute Gasteiger partial charge is 0.123 e. The molecule has 16 heavy (non-hydrogen) atoms. The molecule has 2 rings (SSSR count). The largest absolute Gasteiger partial charge is 0.327 e. The topological polar surface area (TPSA) is 38.9 Å². The van der Waals surface area contributed by atoms with Crippen molar-refractivity contribution in [2.24, 2.45) is 5.73 Å². The molecule has 0 aliphatic carbocycles. The molecule has 1 unspecified atom stereocenters. The number of hydrogen-bond acceptors (Lipinski definition) is 3.